The molecule has 0 fully saturated rings. The molecule has 0 heterocycles. The van der Waals surface area contributed by atoms with Gasteiger partial charge in [-0.15, -0.1) is 0 Å². The fourth-order valence-corrected chi connectivity index (χ4v) is 1.02. The number of aliphatic imine (C=N–C) groups is 1. The van der Waals surface area contributed by atoms with E-state index in [9.17, 15) is 4.79 Å². The number of esters is 1. The van der Waals surface area contributed by atoms with Crippen molar-refractivity contribution in [1.29, 1.82) is 0 Å². The molecule has 0 radical (unpaired) electrons. The van der Waals surface area contributed by atoms with Crippen LogP contribution in [-0.4, -0.2) is 18.8 Å². The van der Waals surface area contributed by atoms with Crippen LogP contribution in [-0.2, 0) is 9.53 Å². The van der Waals surface area contributed by atoms with Gasteiger partial charge in [0, 0.05) is 0 Å². The molecule has 0 aliphatic carbocycles. The van der Waals surface area contributed by atoms with Gasteiger partial charge >= 0.3 is 5.97 Å². The van der Waals surface area contributed by atoms with Gasteiger partial charge < -0.3 is 4.74 Å². The zero-order chi connectivity index (χ0) is 11.1. The molecule has 0 spiro atoms. The van der Waals surface area contributed by atoms with E-state index in [-0.39, 0.29) is 0 Å². The van der Waals surface area contributed by atoms with Crippen molar-refractivity contribution in [3.63, 3.8) is 0 Å². The Balaban J connectivity index is 2.60. The summed E-state index contributed by atoms with van der Waals surface area (Å²) in [7, 11) is 0. The highest BCUT2D eigenvalue weighted by Gasteiger charge is 1.97. The van der Waals surface area contributed by atoms with Gasteiger partial charge in [0.05, 0.1) is 12.3 Å². The van der Waals surface area contributed by atoms with Gasteiger partial charge in [-0.1, -0.05) is 36.9 Å². The summed E-state index contributed by atoms with van der Waals surface area (Å²) in [5.74, 6) is -0.449. The molecule has 1 aromatic rings. The second-order valence-corrected chi connectivity index (χ2v) is 2.82. The van der Waals surface area contributed by atoms with Crippen molar-refractivity contribution in [2.75, 3.05) is 6.61 Å². The number of ether oxygens (including phenoxy) is 1. The van der Waals surface area contributed by atoms with Crippen molar-refractivity contribution in [3.8, 4) is 0 Å². The smallest absolute Gasteiger partial charge is 0.349 e. The van der Waals surface area contributed by atoms with Gasteiger partial charge in [-0.3, -0.25) is 0 Å². The zero-order valence-electron chi connectivity index (χ0n) is 8.64. The van der Waals surface area contributed by atoms with Gasteiger partial charge in [-0.25, -0.2) is 9.79 Å². The molecule has 15 heavy (non-hydrogen) atoms. The van der Waals surface area contributed by atoms with E-state index in [4.69, 9.17) is 4.74 Å². The van der Waals surface area contributed by atoms with Gasteiger partial charge in [-0.05, 0) is 12.5 Å². The number of hydrogen-bond acceptors (Lipinski definition) is 3. The van der Waals surface area contributed by atoms with Crippen LogP contribution in [0.3, 0.4) is 0 Å². The molecule has 78 valence electrons. The van der Waals surface area contributed by atoms with E-state index in [0.717, 1.165) is 11.8 Å². The standard InChI is InChI=1S/C12H13NO2/c1-3-15-12(14)9-13-10(2)11-7-5-4-6-8-11/h4-9H,2-3H2,1H3. The van der Waals surface area contributed by atoms with Gasteiger partial charge in [0.25, 0.3) is 0 Å². The van der Waals surface area contributed by atoms with E-state index in [1.54, 1.807) is 6.92 Å². The summed E-state index contributed by atoms with van der Waals surface area (Å²) in [4.78, 5) is 14.9. The lowest BCUT2D eigenvalue weighted by Crippen LogP contribution is -2.04. The third-order valence-corrected chi connectivity index (χ3v) is 1.72. The number of benzene rings is 1. The number of rotatable bonds is 4. The Morgan fingerprint density at radius 2 is 2.13 bits per heavy atom. The second kappa shape index (κ2) is 5.75. The first-order valence-electron chi connectivity index (χ1n) is 4.69. The van der Waals surface area contributed by atoms with Crippen LogP contribution >= 0.6 is 0 Å². The molecule has 1 aromatic carbocycles. The molecule has 3 nitrogen and oxygen atoms in total. The van der Waals surface area contributed by atoms with E-state index in [1.165, 1.54) is 0 Å². The average molecular weight is 203 g/mol. The van der Waals surface area contributed by atoms with Crippen LogP contribution in [0.25, 0.3) is 5.70 Å². The Bertz CT molecular complexity index is 368. The predicted molar refractivity (Wildman–Crippen MR) is 60.6 cm³/mol. The lowest BCUT2D eigenvalue weighted by Gasteiger charge is -1.98. The summed E-state index contributed by atoms with van der Waals surface area (Å²) in [6.45, 7) is 5.85. The highest BCUT2D eigenvalue weighted by atomic mass is 16.5. The van der Waals surface area contributed by atoms with Crippen molar-refractivity contribution >= 4 is 17.9 Å². The van der Waals surface area contributed by atoms with Gasteiger partial charge in [0.15, 0.2) is 0 Å². The molecule has 0 saturated carbocycles. The van der Waals surface area contributed by atoms with Crippen molar-refractivity contribution in [3.05, 3.63) is 42.5 Å². The van der Waals surface area contributed by atoms with Crippen LogP contribution in [0.1, 0.15) is 12.5 Å². The first-order valence-corrected chi connectivity index (χ1v) is 4.69. The third kappa shape index (κ3) is 3.77. The molecule has 0 aliphatic heterocycles. The summed E-state index contributed by atoms with van der Waals surface area (Å²) < 4.78 is 4.70. The van der Waals surface area contributed by atoms with E-state index in [2.05, 4.69) is 11.6 Å². The largest absolute Gasteiger partial charge is 0.462 e. The minimum atomic E-state index is -0.449. The SMILES string of the molecule is C=C(N=CC(=O)OCC)c1ccccc1. The topological polar surface area (TPSA) is 38.7 Å². The minimum Gasteiger partial charge on any atom is -0.462 e. The first-order chi connectivity index (χ1) is 7.24. The maximum atomic E-state index is 11.0. The normalized spacial score (nSPS) is 10.2. The Morgan fingerprint density at radius 1 is 1.47 bits per heavy atom. The Morgan fingerprint density at radius 3 is 2.73 bits per heavy atom. The van der Waals surface area contributed by atoms with Crippen molar-refractivity contribution in [2.24, 2.45) is 4.99 Å². The first kappa shape index (κ1) is 11.2. The fourth-order valence-electron chi connectivity index (χ4n) is 1.02. The third-order valence-electron chi connectivity index (χ3n) is 1.72. The number of hydrogen-bond donors (Lipinski definition) is 0. The zero-order valence-corrected chi connectivity index (χ0v) is 8.64. The molecule has 0 amide bonds. The van der Waals surface area contributed by atoms with E-state index >= 15 is 0 Å². The Kier molecular flexibility index (Phi) is 4.29. The summed E-state index contributed by atoms with van der Waals surface area (Å²) in [5.41, 5.74) is 1.43. The second-order valence-electron chi connectivity index (χ2n) is 2.82. The average Bonchev–Trinajstić information content (AvgIpc) is 2.27. The molecule has 0 aliphatic rings. The highest BCUT2D eigenvalue weighted by Crippen LogP contribution is 2.11. The minimum absolute atomic E-state index is 0.350. The van der Waals surface area contributed by atoms with Crippen LogP contribution in [0, 0.1) is 0 Å². The van der Waals surface area contributed by atoms with Crippen LogP contribution in [0.5, 0.6) is 0 Å². The number of carbonyl (C=O) groups excluding carboxylic acids is 1. The maximum Gasteiger partial charge on any atom is 0.349 e. The lowest BCUT2D eigenvalue weighted by atomic mass is 10.2. The quantitative estimate of drug-likeness (QED) is 0.556. The van der Waals surface area contributed by atoms with Gasteiger partial charge in [-0.2, -0.15) is 0 Å². The van der Waals surface area contributed by atoms with Crippen LogP contribution in [0.2, 0.25) is 0 Å². The monoisotopic (exact) mass is 203 g/mol. The molecule has 0 saturated heterocycles. The van der Waals surface area contributed by atoms with E-state index in [0.29, 0.717) is 12.3 Å². The van der Waals surface area contributed by atoms with E-state index in [1.807, 2.05) is 30.3 Å². The molecule has 0 N–H and O–H groups in total. The molecule has 0 aromatic heterocycles. The molecular formula is C12H13NO2. The predicted octanol–water partition coefficient (Wildman–Crippen LogP) is 2.29. The molecule has 0 unspecified atom stereocenters. The van der Waals surface area contributed by atoms with Crippen molar-refractivity contribution < 1.29 is 9.53 Å². The summed E-state index contributed by atoms with van der Waals surface area (Å²) in [5, 5.41) is 0. The number of nitrogens with zero attached hydrogens (tertiary/aromatic N) is 1. The van der Waals surface area contributed by atoms with E-state index < -0.39 is 5.97 Å². The molecular weight excluding hydrogens is 190 g/mol. The lowest BCUT2D eigenvalue weighted by molar-refractivity contribution is -0.134. The van der Waals surface area contributed by atoms with Crippen molar-refractivity contribution in [1.82, 2.24) is 0 Å². The number of carbonyl (C=O) groups is 1. The summed E-state index contributed by atoms with van der Waals surface area (Å²) in [6.07, 6.45) is 1.14. The van der Waals surface area contributed by atoms with Crippen LogP contribution in [0.15, 0.2) is 41.9 Å². The Hall–Kier alpha value is -1.90. The molecule has 1 rings (SSSR count). The summed E-state index contributed by atoms with van der Waals surface area (Å²) >= 11 is 0. The molecule has 3 heteroatoms. The highest BCUT2D eigenvalue weighted by molar-refractivity contribution is 6.24. The maximum absolute atomic E-state index is 11.0. The van der Waals surface area contributed by atoms with Gasteiger partial charge in [0.2, 0.25) is 0 Å². The van der Waals surface area contributed by atoms with Crippen LogP contribution in [0.4, 0.5) is 0 Å². The van der Waals surface area contributed by atoms with Crippen molar-refractivity contribution in [2.45, 2.75) is 6.92 Å². The molecule has 0 atom stereocenters. The molecule has 0 bridgehead atoms. The fraction of sp³-hybridized carbons (Fsp3) is 0.167. The van der Waals surface area contributed by atoms with Crippen LogP contribution < -0.4 is 0 Å². The van der Waals surface area contributed by atoms with Gasteiger partial charge in [0.1, 0.15) is 6.21 Å². The summed E-state index contributed by atoms with van der Waals surface area (Å²) in [6, 6.07) is 9.45. The Labute approximate surface area is 89.1 Å².